The van der Waals surface area contributed by atoms with Gasteiger partial charge in [-0.3, -0.25) is 9.69 Å². The summed E-state index contributed by atoms with van der Waals surface area (Å²) in [5, 5.41) is 13.8. The normalized spacial score (nSPS) is 12.3. The van der Waals surface area contributed by atoms with Crippen molar-refractivity contribution in [2.45, 2.75) is 45.8 Å². The van der Waals surface area contributed by atoms with Crippen LogP contribution in [0.15, 0.2) is 89.7 Å². The minimum Gasteiger partial charge on any atom is -0.322 e. The third-order valence-electron chi connectivity index (χ3n) is 6.84. The van der Waals surface area contributed by atoms with E-state index in [1.807, 2.05) is 48.0 Å². The minimum absolute atomic E-state index is 0.0458. The van der Waals surface area contributed by atoms with E-state index < -0.39 is 0 Å². The molecule has 0 aliphatic heterocycles. The second-order valence-electron chi connectivity index (χ2n) is 9.52. The lowest BCUT2D eigenvalue weighted by Crippen LogP contribution is -2.34. The van der Waals surface area contributed by atoms with Gasteiger partial charge >= 0.3 is 0 Å². The Hall–Kier alpha value is -4.10. The van der Waals surface area contributed by atoms with Gasteiger partial charge in [-0.05, 0) is 64.4 Å². The van der Waals surface area contributed by atoms with Gasteiger partial charge in [0, 0.05) is 24.2 Å². The van der Waals surface area contributed by atoms with Gasteiger partial charge in [0.05, 0.1) is 12.6 Å². The van der Waals surface area contributed by atoms with E-state index in [4.69, 9.17) is 0 Å². The summed E-state index contributed by atoms with van der Waals surface area (Å²) >= 11 is 0. The van der Waals surface area contributed by atoms with Gasteiger partial charge in [-0.1, -0.05) is 79.7 Å². The fraction of sp³-hybridized carbons (Fsp3) is 0.267. The Morgan fingerprint density at radius 2 is 1.68 bits per heavy atom. The number of fused-ring (bicyclic) bond motifs is 1. The molecule has 0 saturated carbocycles. The number of aromatic nitrogens is 5. The number of hydrogen-bond donors (Lipinski definition) is 1. The average molecular weight is 493 g/mol. The summed E-state index contributed by atoms with van der Waals surface area (Å²) < 4.78 is 1.88. The van der Waals surface area contributed by atoms with Gasteiger partial charge in [-0.2, -0.15) is 0 Å². The quantitative estimate of drug-likeness (QED) is 0.295. The summed E-state index contributed by atoms with van der Waals surface area (Å²) in [6.07, 6.45) is 1.68. The first kappa shape index (κ1) is 24.6. The van der Waals surface area contributed by atoms with Gasteiger partial charge in [0.2, 0.25) is 0 Å². The zero-order valence-corrected chi connectivity index (χ0v) is 21.3. The van der Waals surface area contributed by atoms with Crippen molar-refractivity contribution in [1.82, 2.24) is 30.1 Å². The molecule has 5 rings (SSSR count). The lowest BCUT2D eigenvalue weighted by Gasteiger charge is -2.30. The van der Waals surface area contributed by atoms with Gasteiger partial charge in [0.25, 0.3) is 5.56 Å². The van der Waals surface area contributed by atoms with E-state index in [2.05, 4.69) is 80.9 Å². The van der Waals surface area contributed by atoms with Crippen molar-refractivity contribution in [3.05, 3.63) is 123 Å². The standard InChI is InChI=1S/C30H32N6O/c1-3-28(29-32-33-34-36(29)20-24-12-8-5-9-13-24)35(17-16-23-10-6-4-7-11-23)21-26-19-25-15-14-22(2)18-27(25)31-30(26)37/h4-15,18-19,28H,3,16-17,20-21H2,1-2H3,(H,31,37)/t28-/m1/s1. The van der Waals surface area contributed by atoms with Crippen molar-refractivity contribution in [3.8, 4) is 0 Å². The molecule has 0 aliphatic carbocycles. The van der Waals surface area contributed by atoms with Crippen molar-refractivity contribution in [2.24, 2.45) is 0 Å². The molecule has 7 heteroatoms. The van der Waals surface area contributed by atoms with Crippen LogP contribution in [-0.2, 0) is 19.5 Å². The van der Waals surface area contributed by atoms with Gasteiger partial charge in [0.15, 0.2) is 5.82 Å². The number of H-pyrrole nitrogens is 1. The SMILES string of the molecule is CC[C@H](c1nnnn1Cc1ccccc1)N(CCc1ccccc1)Cc1cc2ccc(C)cc2[nH]c1=O. The van der Waals surface area contributed by atoms with E-state index in [1.54, 1.807) is 0 Å². The van der Waals surface area contributed by atoms with E-state index in [9.17, 15) is 4.79 Å². The Labute approximate surface area is 216 Å². The predicted octanol–water partition coefficient (Wildman–Crippen LogP) is 5.07. The molecule has 37 heavy (non-hydrogen) atoms. The second-order valence-corrected chi connectivity index (χ2v) is 9.52. The first-order valence-corrected chi connectivity index (χ1v) is 12.8. The Kier molecular flexibility index (Phi) is 7.51. The maximum Gasteiger partial charge on any atom is 0.252 e. The molecule has 7 nitrogen and oxygen atoms in total. The van der Waals surface area contributed by atoms with Crippen molar-refractivity contribution in [3.63, 3.8) is 0 Å². The highest BCUT2D eigenvalue weighted by Crippen LogP contribution is 2.25. The number of tetrazole rings is 1. The van der Waals surface area contributed by atoms with E-state index >= 15 is 0 Å². The fourth-order valence-corrected chi connectivity index (χ4v) is 4.88. The lowest BCUT2D eigenvalue weighted by molar-refractivity contribution is 0.172. The van der Waals surface area contributed by atoms with Gasteiger partial charge in [-0.25, -0.2) is 4.68 Å². The summed E-state index contributed by atoms with van der Waals surface area (Å²) in [5.74, 6) is 0.812. The maximum absolute atomic E-state index is 13.1. The highest BCUT2D eigenvalue weighted by Gasteiger charge is 2.26. The Morgan fingerprint density at radius 1 is 0.946 bits per heavy atom. The zero-order valence-electron chi connectivity index (χ0n) is 21.3. The molecule has 1 atom stereocenters. The van der Waals surface area contributed by atoms with Crippen LogP contribution in [0.5, 0.6) is 0 Å². The number of hydrogen-bond acceptors (Lipinski definition) is 5. The largest absolute Gasteiger partial charge is 0.322 e. The molecule has 1 N–H and O–H groups in total. The van der Waals surface area contributed by atoms with E-state index in [1.165, 1.54) is 5.56 Å². The molecular weight excluding hydrogens is 460 g/mol. The molecule has 3 aromatic carbocycles. The topological polar surface area (TPSA) is 79.7 Å². The molecule has 2 heterocycles. The number of aromatic amines is 1. The minimum atomic E-state index is -0.0541. The van der Waals surface area contributed by atoms with Crippen molar-refractivity contribution in [1.29, 1.82) is 0 Å². The van der Waals surface area contributed by atoms with Gasteiger partial charge < -0.3 is 4.98 Å². The van der Waals surface area contributed by atoms with E-state index in [0.29, 0.717) is 13.1 Å². The molecule has 0 radical (unpaired) electrons. The zero-order chi connectivity index (χ0) is 25.6. The number of aryl methyl sites for hydroxylation is 1. The van der Waals surface area contributed by atoms with Gasteiger partial charge in [0.1, 0.15) is 0 Å². The Bertz CT molecular complexity index is 1510. The number of pyridine rings is 1. The summed E-state index contributed by atoms with van der Waals surface area (Å²) in [6.45, 7) is 6.05. The van der Waals surface area contributed by atoms with Crippen LogP contribution in [0.4, 0.5) is 0 Å². The summed E-state index contributed by atoms with van der Waals surface area (Å²) in [5.41, 5.74) is 5.07. The first-order valence-electron chi connectivity index (χ1n) is 12.8. The molecule has 0 aliphatic rings. The van der Waals surface area contributed by atoms with Gasteiger partial charge in [-0.15, -0.1) is 5.10 Å². The molecule has 5 aromatic rings. The van der Waals surface area contributed by atoms with E-state index in [-0.39, 0.29) is 11.6 Å². The number of rotatable bonds is 10. The van der Waals surface area contributed by atoms with Crippen LogP contribution in [0.1, 0.15) is 47.5 Å². The van der Waals surface area contributed by atoms with Crippen molar-refractivity contribution in [2.75, 3.05) is 6.54 Å². The maximum atomic E-state index is 13.1. The molecule has 0 spiro atoms. The van der Waals surface area contributed by atoms with Crippen LogP contribution in [-0.4, -0.2) is 36.6 Å². The van der Waals surface area contributed by atoms with Crippen molar-refractivity contribution >= 4 is 10.9 Å². The highest BCUT2D eigenvalue weighted by molar-refractivity contribution is 5.79. The third kappa shape index (κ3) is 5.84. The lowest BCUT2D eigenvalue weighted by atomic mass is 10.1. The predicted molar refractivity (Wildman–Crippen MR) is 146 cm³/mol. The first-order chi connectivity index (χ1) is 18.1. The highest BCUT2D eigenvalue weighted by atomic mass is 16.1. The smallest absolute Gasteiger partial charge is 0.252 e. The van der Waals surface area contributed by atoms with Crippen molar-refractivity contribution < 1.29 is 0 Å². The number of nitrogens with one attached hydrogen (secondary N) is 1. The molecule has 0 fully saturated rings. The third-order valence-corrected chi connectivity index (χ3v) is 6.84. The monoisotopic (exact) mass is 492 g/mol. The molecule has 188 valence electrons. The Balaban J connectivity index is 1.48. The summed E-state index contributed by atoms with van der Waals surface area (Å²) in [7, 11) is 0. The fourth-order valence-electron chi connectivity index (χ4n) is 4.88. The molecular formula is C30H32N6O. The molecule has 0 saturated heterocycles. The molecule has 0 bridgehead atoms. The van der Waals surface area contributed by atoms with Crippen LogP contribution < -0.4 is 5.56 Å². The molecule has 2 aromatic heterocycles. The molecule has 0 amide bonds. The summed E-state index contributed by atoms with van der Waals surface area (Å²) in [6, 6.07) is 28.8. The van der Waals surface area contributed by atoms with Crippen LogP contribution in [0.3, 0.4) is 0 Å². The van der Waals surface area contributed by atoms with E-state index in [0.717, 1.165) is 52.8 Å². The molecule has 0 unspecified atom stereocenters. The van der Waals surface area contributed by atoms with Crippen LogP contribution >= 0.6 is 0 Å². The van der Waals surface area contributed by atoms with Crippen LogP contribution in [0.25, 0.3) is 10.9 Å². The second kappa shape index (κ2) is 11.3. The van der Waals surface area contributed by atoms with Crippen LogP contribution in [0, 0.1) is 6.92 Å². The summed E-state index contributed by atoms with van der Waals surface area (Å²) in [4.78, 5) is 18.6. The Morgan fingerprint density at radius 3 is 2.41 bits per heavy atom. The average Bonchev–Trinajstić information content (AvgIpc) is 3.36. The van der Waals surface area contributed by atoms with Crippen LogP contribution in [0.2, 0.25) is 0 Å². The number of benzene rings is 3. The number of nitrogens with zero attached hydrogens (tertiary/aromatic N) is 5.